The minimum Gasteiger partial charge on any atom is -0.384 e. The molecule has 0 bridgehead atoms. The van der Waals surface area contributed by atoms with E-state index in [9.17, 15) is 4.79 Å². The summed E-state index contributed by atoms with van der Waals surface area (Å²) < 4.78 is 5.35. The minimum atomic E-state index is 0.0152. The molecule has 1 amide bonds. The molecule has 1 fully saturated rings. The highest BCUT2D eigenvalue weighted by Crippen LogP contribution is 2.37. The van der Waals surface area contributed by atoms with Crippen LogP contribution in [0, 0.1) is 5.41 Å². The van der Waals surface area contributed by atoms with E-state index in [0.29, 0.717) is 12.4 Å². The van der Waals surface area contributed by atoms with Crippen molar-refractivity contribution in [2.24, 2.45) is 5.41 Å². The second-order valence-corrected chi connectivity index (χ2v) is 6.29. The Hall–Kier alpha value is -1.88. The first-order valence-electron chi connectivity index (χ1n) is 7.90. The van der Waals surface area contributed by atoms with Crippen LogP contribution in [-0.2, 0) is 16.0 Å². The van der Waals surface area contributed by atoms with Crippen LogP contribution in [0.1, 0.15) is 31.5 Å². The van der Waals surface area contributed by atoms with Crippen LogP contribution in [0.15, 0.2) is 24.3 Å². The van der Waals surface area contributed by atoms with Crippen LogP contribution >= 0.6 is 0 Å². The van der Waals surface area contributed by atoms with Crippen LogP contribution in [0.25, 0.3) is 11.0 Å². The number of methoxy groups -OCH3 is 1. The van der Waals surface area contributed by atoms with Crippen LogP contribution in [0.2, 0.25) is 0 Å². The molecule has 0 saturated heterocycles. The Bertz CT molecular complexity index is 611. The van der Waals surface area contributed by atoms with Crippen molar-refractivity contribution in [3.63, 3.8) is 0 Å². The van der Waals surface area contributed by atoms with Crippen molar-refractivity contribution < 1.29 is 9.53 Å². The lowest BCUT2D eigenvalue weighted by atomic mass is 9.87. The van der Waals surface area contributed by atoms with Crippen molar-refractivity contribution >= 4 is 16.9 Å². The number of aromatic nitrogens is 2. The van der Waals surface area contributed by atoms with Gasteiger partial charge in [0.1, 0.15) is 5.82 Å². The first kappa shape index (κ1) is 15.0. The van der Waals surface area contributed by atoms with Crippen molar-refractivity contribution in [2.45, 2.75) is 32.1 Å². The molecular weight excluding hydrogens is 278 g/mol. The number of amides is 1. The Balaban J connectivity index is 1.57. The predicted molar refractivity (Wildman–Crippen MR) is 85.6 cm³/mol. The summed E-state index contributed by atoms with van der Waals surface area (Å²) in [5, 5.41) is 3.06. The van der Waals surface area contributed by atoms with E-state index in [1.54, 1.807) is 7.11 Å². The van der Waals surface area contributed by atoms with Gasteiger partial charge in [-0.25, -0.2) is 4.98 Å². The first-order valence-corrected chi connectivity index (χ1v) is 7.90. The third-order valence-corrected chi connectivity index (χ3v) is 4.54. The summed E-state index contributed by atoms with van der Waals surface area (Å²) in [5.41, 5.74) is 1.99. The number of rotatable bonds is 6. The Morgan fingerprint density at radius 1 is 1.36 bits per heavy atom. The zero-order chi connectivity index (χ0) is 15.4. The van der Waals surface area contributed by atoms with E-state index in [0.717, 1.165) is 30.5 Å². The van der Waals surface area contributed by atoms with E-state index in [1.807, 2.05) is 24.3 Å². The average molecular weight is 301 g/mol. The number of carbonyl (C=O) groups is 1. The summed E-state index contributed by atoms with van der Waals surface area (Å²) >= 11 is 0. The van der Waals surface area contributed by atoms with E-state index in [1.165, 1.54) is 12.8 Å². The van der Waals surface area contributed by atoms with Crippen molar-refractivity contribution in [3.8, 4) is 0 Å². The van der Waals surface area contributed by atoms with Crippen LogP contribution in [0.3, 0.4) is 0 Å². The maximum Gasteiger partial charge on any atom is 0.227 e. The van der Waals surface area contributed by atoms with E-state index < -0.39 is 0 Å². The fourth-order valence-corrected chi connectivity index (χ4v) is 3.39. The molecule has 2 aromatic rings. The monoisotopic (exact) mass is 301 g/mol. The molecule has 0 radical (unpaired) electrons. The van der Waals surface area contributed by atoms with E-state index in [4.69, 9.17) is 4.74 Å². The Morgan fingerprint density at radius 3 is 2.86 bits per heavy atom. The SMILES string of the molecule is COCC1(CNC(=O)Cc2nc3ccccc3[nH]2)CCCC1. The van der Waals surface area contributed by atoms with E-state index in [2.05, 4.69) is 15.3 Å². The maximum absolute atomic E-state index is 12.2. The maximum atomic E-state index is 12.2. The summed E-state index contributed by atoms with van der Waals surface area (Å²) in [6, 6.07) is 7.82. The summed E-state index contributed by atoms with van der Waals surface area (Å²) in [4.78, 5) is 19.8. The Labute approximate surface area is 130 Å². The van der Waals surface area contributed by atoms with Gasteiger partial charge in [-0.1, -0.05) is 25.0 Å². The lowest BCUT2D eigenvalue weighted by molar-refractivity contribution is -0.121. The van der Waals surface area contributed by atoms with Crippen molar-refractivity contribution in [1.82, 2.24) is 15.3 Å². The Kier molecular flexibility index (Phi) is 4.43. The van der Waals surface area contributed by atoms with Gasteiger partial charge in [-0.2, -0.15) is 0 Å². The van der Waals surface area contributed by atoms with Crippen LogP contribution in [0.4, 0.5) is 0 Å². The lowest BCUT2D eigenvalue weighted by Gasteiger charge is -2.28. The molecular formula is C17H23N3O2. The number of H-pyrrole nitrogens is 1. The van der Waals surface area contributed by atoms with Gasteiger partial charge in [0.15, 0.2) is 0 Å². The third kappa shape index (κ3) is 3.30. The number of para-hydroxylation sites is 2. The quantitative estimate of drug-likeness (QED) is 0.861. The Morgan fingerprint density at radius 2 is 2.14 bits per heavy atom. The second kappa shape index (κ2) is 6.48. The molecule has 2 N–H and O–H groups in total. The lowest BCUT2D eigenvalue weighted by Crippen LogP contribution is -2.39. The van der Waals surface area contributed by atoms with Gasteiger partial charge in [0.05, 0.1) is 24.1 Å². The number of carbonyl (C=O) groups excluding carboxylic acids is 1. The number of aromatic amines is 1. The predicted octanol–water partition coefficient (Wildman–Crippen LogP) is 2.43. The normalized spacial score (nSPS) is 17.0. The van der Waals surface area contributed by atoms with Crippen LogP contribution < -0.4 is 5.32 Å². The molecule has 22 heavy (non-hydrogen) atoms. The molecule has 1 aliphatic rings. The summed E-state index contributed by atoms with van der Waals surface area (Å²) in [6.45, 7) is 1.41. The summed E-state index contributed by atoms with van der Waals surface area (Å²) in [6.07, 6.45) is 5.00. The number of benzene rings is 1. The largest absolute Gasteiger partial charge is 0.384 e. The highest BCUT2D eigenvalue weighted by Gasteiger charge is 2.34. The van der Waals surface area contributed by atoms with Crippen LogP contribution in [0.5, 0.6) is 0 Å². The van der Waals surface area contributed by atoms with E-state index in [-0.39, 0.29) is 17.7 Å². The summed E-state index contributed by atoms with van der Waals surface area (Å²) in [7, 11) is 1.73. The average Bonchev–Trinajstić information content (AvgIpc) is 3.12. The van der Waals surface area contributed by atoms with Gasteiger partial charge < -0.3 is 15.0 Å². The topological polar surface area (TPSA) is 67.0 Å². The highest BCUT2D eigenvalue weighted by atomic mass is 16.5. The fraction of sp³-hybridized carbons (Fsp3) is 0.529. The van der Waals surface area contributed by atoms with Gasteiger partial charge >= 0.3 is 0 Å². The second-order valence-electron chi connectivity index (χ2n) is 6.29. The zero-order valence-electron chi connectivity index (χ0n) is 13.0. The molecule has 1 aromatic carbocycles. The third-order valence-electron chi connectivity index (χ3n) is 4.54. The zero-order valence-corrected chi connectivity index (χ0v) is 13.0. The van der Waals surface area contributed by atoms with Gasteiger partial charge in [0.25, 0.3) is 0 Å². The molecule has 5 heteroatoms. The number of nitrogens with one attached hydrogen (secondary N) is 2. The summed E-state index contributed by atoms with van der Waals surface area (Å²) in [5.74, 6) is 0.729. The molecule has 0 unspecified atom stereocenters. The van der Waals surface area contributed by atoms with Gasteiger partial charge in [0.2, 0.25) is 5.91 Å². The number of hydrogen-bond donors (Lipinski definition) is 2. The van der Waals surface area contributed by atoms with Crippen molar-refractivity contribution in [3.05, 3.63) is 30.1 Å². The molecule has 1 aromatic heterocycles. The molecule has 1 aliphatic carbocycles. The van der Waals surface area contributed by atoms with Crippen LogP contribution in [-0.4, -0.2) is 36.1 Å². The molecule has 1 heterocycles. The molecule has 0 aliphatic heterocycles. The molecule has 3 rings (SSSR count). The van der Waals surface area contributed by atoms with Gasteiger partial charge in [-0.15, -0.1) is 0 Å². The van der Waals surface area contributed by atoms with E-state index >= 15 is 0 Å². The molecule has 1 saturated carbocycles. The van der Waals surface area contributed by atoms with Crippen molar-refractivity contribution in [1.29, 1.82) is 0 Å². The minimum absolute atomic E-state index is 0.0152. The molecule has 0 spiro atoms. The molecule has 5 nitrogen and oxygen atoms in total. The number of ether oxygens (including phenoxy) is 1. The van der Waals surface area contributed by atoms with Gasteiger partial charge in [0, 0.05) is 19.1 Å². The molecule has 0 atom stereocenters. The molecule has 118 valence electrons. The smallest absolute Gasteiger partial charge is 0.227 e. The number of nitrogens with zero attached hydrogens (tertiary/aromatic N) is 1. The van der Waals surface area contributed by atoms with Gasteiger partial charge in [-0.3, -0.25) is 4.79 Å². The first-order chi connectivity index (χ1) is 10.7. The number of imidazole rings is 1. The standard InChI is InChI=1S/C17H23N3O2/c1-22-12-17(8-4-5-9-17)11-18-16(21)10-15-19-13-6-2-3-7-14(13)20-15/h2-3,6-7H,4-5,8-12H2,1H3,(H,18,21)(H,19,20). The fourth-order valence-electron chi connectivity index (χ4n) is 3.39. The number of hydrogen-bond acceptors (Lipinski definition) is 3. The van der Waals surface area contributed by atoms with Gasteiger partial charge in [-0.05, 0) is 25.0 Å². The number of fused-ring (bicyclic) bond motifs is 1. The highest BCUT2D eigenvalue weighted by molar-refractivity contribution is 5.80. The van der Waals surface area contributed by atoms with Crippen molar-refractivity contribution in [2.75, 3.05) is 20.3 Å².